The number of rotatable bonds is 2. The van der Waals surface area contributed by atoms with E-state index in [1.54, 1.807) is 6.26 Å². The van der Waals surface area contributed by atoms with Crippen molar-refractivity contribution in [3.05, 3.63) is 43.4 Å². The predicted molar refractivity (Wildman–Crippen MR) is 68.2 cm³/mol. The molecule has 0 fully saturated rings. The van der Waals surface area contributed by atoms with Crippen LogP contribution in [-0.2, 0) is 0 Å². The van der Waals surface area contributed by atoms with Crippen LogP contribution in [0.25, 0.3) is 0 Å². The van der Waals surface area contributed by atoms with E-state index in [1.807, 2.05) is 19.1 Å². The van der Waals surface area contributed by atoms with Crippen LogP contribution in [-0.4, -0.2) is 0 Å². The zero-order valence-electron chi connectivity index (χ0n) is 7.76. The molecule has 2 aromatic rings. The van der Waals surface area contributed by atoms with E-state index in [2.05, 4.69) is 15.9 Å². The van der Waals surface area contributed by atoms with Crippen molar-refractivity contribution in [3.63, 3.8) is 0 Å². The molecule has 2 heterocycles. The van der Waals surface area contributed by atoms with Crippen LogP contribution in [0.15, 0.2) is 27.3 Å². The van der Waals surface area contributed by atoms with Gasteiger partial charge >= 0.3 is 0 Å². The summed E-state index contributed by atoms with van der Waals surface area (Å²) >= 11 is 17.1. The number of aryl methyl sites for hydroxylation is 1. The van der Waals surface area contributed by atoms with E-state index < -0.39 is 0 Å². The largest absolute Gasteiger partial charge is 0.467 e. The molecule has 0 aromatic carbocycles. The van der Waals surface area contributed by atoms with Gasteiger partial charge in [0, 0.05) is 9.35 Å². The number of furan rings is 1. The van der Waals surface area contributed by atoms with Crippen molar-refractivity contribution in [2.75, 3.05) is 0 Å². The predicted octanol–water partition coefficient (Wildman–Crippen LogP) is 5.39. The monoisotopic (exact) mass is 324 g/mol. The zero-order chi connectivity index (χ0) is 11.0. The lowest BCUT2D eigenvalue weighted by Crippen LogP contribution is -1.89. The van der Waals surface area contributed by atoms with E-state index in [-0.39, 0.29) is 5.38 Å². The van der Waals surface area contributed by atoms with Gasteiger partial charge in [0.25, 0.3) is 0 Å². The first-order chi connectivity index (χ1) is 7.09. The number of hydrogen-bond acceptors (Lipinski definition) is 2. The van der Waals surface area contributed by atoms with Crippen LogP contribution in [0.1, 0.15) is 21.6 Å². The number of hydrogen-bond donors (Lipinski definition) is 0. The lowest BCUT2D eigenvalue weighted by atomic mass is 10.2. The summed E-state index contributed by atoms with van der Waals surface area (Å²) in [6.07, 6.45) is 1.64. The van der Waals surface area contributed by atoms with Gasteiger partial charge in [-0.1, -0.05) is 11.6 Å². The third-order valence-corrected chi connectivity index (χ3v) is 5.15. The molecule has 2 rings (SSSR count). The molecule has 0 saturated heterocycles. The van der Waals surface area contributed by atoms with Crippen molar-refractivity contribution in [2.45, 2.75) is 12.3 Å². The molecule has 5 heteroatoms. The van der Waals surface area contributed by atoms with Gasteiger partial charge in [-0.3, -0.25) is 0 Å². The molecule has 0 radical (unpaired) electrons. The minimum absolute atomic E-state index is 0.270. The standard InChI is InChI=1S/C10H7BrCl2OS/c1-5-2-3-14-9(5)8(12)7-4-6(11)10(13)15-7/h2-4,8H,1H3. The summed E-state index contributed by atoms with van der Waals surface area (Å²) in [5.74, 6) is 0.780. The number of halogens is 3. The maximum atomic E-state index is 6.30. The summed E-state index contributed by atoms with van der Waals surface area (Å²) in [5.41, 5.74) is 1.05. The Morgan fingerprint density at radius 3 is 2.73 bits per heavy atom. The summed E-state index contributed by atoms with van der Waals surface area (Å²) in [4.78, 5) is 0.978. The highest BCUT2D eigenvalue weighted by atomic mass is 79.9. The van der Waals surface area contributed by atoms with Crippen LogP contribution in [0.3, 0.4) is 0 Å². The van der Waals surface area contributed by atoms with Crippen molar-refractivity contribution < 1.29 is 4.42 Å². The number of thiophene rings is 1. The maximum absolute atomic E-state index is 6.30. The quantitative estimate of drug-likeness (QED) is 0.674. The van der Waals surface area contributed by atoms with Crippen LogP contribution >= 0.6 is 50.5 Å². The molecular weight excluding hydrogens is 319 g/mol. The summed E-state index contributed by atoms with van der Waals surface area (Å²) in [6.45, 7) is 1.97. The fourth-order valence-corrected chi connectivity index (χ4v) is 3.40. The van der Waals surface area contributed by atoms with Gasteiger partial charge in [0.05, 0.1) is 6.26 Å². The van der Waals surface area contributed by atoms with Gasteiger partial charge in [-0.25, -0.2) is 0 Å². The minimum atomic E-state index is -0.270. The molecule has 0 aliphatic rings. The van der Waals surface area contributed by atoms with Crippen molar-refractivity contribution in [1.29, 1.82) is 0 Å². The van der Waals surface area contributed by atoms with Gasteiger partial charge in [0.1, 0.15) is 15.5 Å². The summed E-state index contributed by atoms with van der Waals surface area (Å²) in [7, 11) is 0. The Kier molecular flexibility index (Phi) is 3.45. The minimum Gasteiger partial charge on any atom is -0.467 e. The third kappa shape index (κ3) is 2.26. The van der Waals surface area contributed by atoms with Gasteiger partial charge < -0.3 is 4.42 Å². The second-order valence-corrected chi connectivity index (χ2v) is 6.08. The first-order valence-electron chi connectivity index (χ1n) is 4.22. The fourth-order valence-electron chi connectivity index (χ4n) is 1.26. The molecule has 15 heavy (non-hydrogen) atoms. The Balaban J connectivity index is 2.36. The second kappa shape index (κ2) is 4.50. The van der Waals surface area contributed by atoms with E-state index in [4.69, 9.17) is 27.6 Å². The van der Waals surface area contributed by atoms with Gasteiger partial charge in [-0.2, -0.15) is 0 Å². The number of alkyl halides is 1. The Morgan fingerprint density at radius 2 is 2.27 bits per heavy atom. The first kappa shape index (κ1) is 11.5. The van der Waals surface area contributed by atoms with Gasteiger partial charge in [-0.05, 0) is 40.5 Å². The fraction of sp³-hybridized carbons (Fsp3) is 0.200. The normalized spacial score (nSPS) is 13.1. The lowest BCUT2D eigenvalue weighted by Gasteiger charge is -2.04. The van der Waals surface area contributed by atoms with Gasteiger partial charge in [-0.15, -0.1) is 22.9 Å². The Bertz CT molecular complexity index is 458. The van der Waals surface area contributed by atoms with E-state index in [0.717, 1.165) is 20.7 Å². The highest BCUT2D eigenvalue weighted by molar-refractivity contribution is 9.10. The maximum Gasteiger partial charge on any atom is 0.129 e. The molecule has 2 aromatic heterocycles. The molecule has 0 aliphatic heterocycles. The van der Waals surface area contributed by atoms with Crippen molar-refractivity contribution in [3.8, 4) is 0 Å². The second-order valence-electron chi connectivity index (χ2n) is 3.10. The van der Waals surface area contributed by atoms with Crippen LogP contribution in [0.5, 0.6) is 0 Å². The Labute approximate surface area is 110 Å². The smallest absolute Gasteiger partial charge is 0.129 e. The van der Waals surface area contributed by atoms with Crippen LogP contribution < -0.4 is 0 Å². The van der Waals surface area contributed by atoms with E-state index >= 15 is 0 Å². The first-order valence-corrected chi connectivity index (χ1v) is 6.64. The van der Waals surface area contributed by atoms with E-state index in [0.29, 0.717) is 4.34 Å². The molecule has 0 saturated carbocycles. The van der Waals surface area contributed by atoms with Crippen LogP contribution in [0.4, 0.5) is 0 Å². The van der Waals surface area contributed by atoms with Crippen LogP contribution in [0.2, 0.25) is 4.34 Å². The molecule has 0 bridgehead atoms. The summed E-state index contributed by atoms with van der Waals surface area (Å²) < 4.78 is 6.93. The molecule has 0 aliphatic carbocycles. The highest BCUT2D eigenvalue weighted by Crippen LogP contribution is 2.41. The summed E-state index contributed by atoms with van der Waals surface area (Å²) in [5, 5.41) is -0.270. The van der Waals surface area contributed by atoms with E-state index in [9.17, 15) is 0 Å². The Hall–Kier alpha value is 0.0400. The molecule has 1 atom stereocenters. The van der Waals surface area contributed by atoms with Crippen LogP contribution in [0, 0.1) is 6.92 Å². The molecule has 1 nitrogen and oxygen atoms in total. The topological polar surface area (TPSA) is 13.1 Å². The lowest BCUT2D eigenvalue weighted by molar-refractivity contribution is 0.515. The summed E-state index contributed by atoms with van der Waals surface area (Å²) in [6, 6.07) is 3.82. The Morgan fingerprint density at radius 1 is 1.53 bits per heavy atom. The van der Waals surface area contributed by atoms with Gasteiger partial charge in [0.2, 0.25) is 0 Å². The molecule has 0 spiro atoms. The molecule has 80 valence electrons. The molecule has 0 amide bonds. The average molecular weight is 326 g/mol. The van der Waals surface area contributed by atoms with Gasteiger partial charge in [0.15, 0.2) is 0 Å². The van der Waals surface area contributed by atoms with Crippen molar-refractivity contribution in [1.82, 2.24) is 0 Å². The molecule has 0 N–H and O–H groups in total. The average Bonchev–Trinajstić information content (AvgIpc) is 2.74. The molecular formula is C10H7BrCl2OS. The third-order valence-electron chi connectivity index (χ3n) is 2.05. The SMILES string of the molecule is Cc1ccoc1C(Cl)c1cc(Br)c(Cl)s1. The zero-order valence-corrected chi connectivity index (χ0v) is 11.7. The van der Waals surface area contributed by atoms with E-state index in [1.165, 1.54) is 11.3 Å². The highest BCUT2D eigenvalue weighted by Gasteiger charge is 2.19. The van der Waals surface area contributed by atoms with Crippen molar-refractivity contribution >= 4 is 50.5 Å². The van der Waals surface area contributed by atoms with Crippen molar-refractivity contribution in [2.24, 2.45) is 0 Å². The molecule has 1 unspecified atom stereocenters.